The number of hydrogen-bond donors (Lipinski definition) is 1. The van der Waals surface area contributed by atoms with Crippen LogP contribution in [-0.2, 0) is 10.0 Å². The molecule has 1 N–H and O–H groups in total. The maximum absolute atomic E-state index is 14.2. The Kier molecular flexibility index (Phi) is 4.13. The molecule has 2 atom stereocenters. The molecule has 3 rings (SSSR count). The number of fused-ring (bicyclic) bond motifs is 2. The Labute approximate surface area is 130 Å². The molecule has 5 nitrogen and oxygen atoms in total. The van der Waals surface area contributed by atoms with Gasteiger partial charge in [0, 0.05) is 24.2 Å². The average Bonchev–Trinajstić information content (AvgIpc) is 2.75. The predicted molar refractivity (Wildman–Crippen MR) is 81.0 cm³/mol. The molecule has 0 aliphatic carbocycles. The quantitative estimate of drug-likeness (QED) is 0.917. The van der Waals surface area contributed by atoms with Crippen molar-refractivity contribution in [3.8, 4) is 5.75 Å². The zero-order valence-corrected chi connectivity index (χ0v) is 13.6. The van der Waals surface area contributed by atoms with Crippen LogP contribution in [0.5, 0.6) is 5.75 Å². The van der Waals surface area contributed by atoms with Gasteiger partial charge in [-0.3, -0.25) is 0 Å². The van der Waals surface area contributed by atoms with E-state index in [1.165, 1.54) is 26.2 Å². The second kappa shape index (κ2) is 5.79. The minimum atomic E-state index is -3.70. The normalized spacial score (nSPS) is 26.0. The van der Waals surface area contributed by atoms with E-state index in [2.05, 4.69) is 5.32 Å². The number of halogens is 1. The second-order valence-electron chi connectivity index (χ2n) is 5.92. The van der Waals surface area contributed by atoms with Gasteiger partial charge in [-0.2, -0.15) is 4.31 Å². The van der Waals surface area contributed by atoms with Crippen molar-refractivity contribution in [2.24, 2.45) is 0 Å². The smallest absolute Gasteiger partial charge is 0.243 e. The van der Waals surface area contributed by atoms with Gasteiger partial charge in [0.2, 0.25) is 10.0 Å². The molecule has 0 radical (unpaired) electrons. The summed E-state index contributed by atoms with van der Waals surface area (Å²) >= 11 is 0. The van der Waals surface area contributed by atoms with Crippen LogP contribution in [-0.4, -0.2) is 45.0 Å². The summed E-state index contributed by atoms with van der Waals surface area (Å²) in [4.78, 5) is 0.0459. The maximum Gasteiger partial charge on any atom is 0.243 e. The largest absolute Gasteiger partial charge is 0.494 e. The second-order valence-corrected chi connectivity index (χ2v) is 7.73. The van der Waals surface area contributed by atoms with E-state index in [0.29, 0.717) is 6.54 Å². The summed E-state index contributed by atoms with van der Waals surface area (Å²) in [6.07, 6.45) is 2.53. The highest BCUT2D eigenvalue weighted by Gasteiger charge is 2.43. The lowest BCUT2D eigenvalue weighted by Crippen LogP contribution is -2.42. The van der Waals surface area contributed by atoms with Gasteiger partial charge < -0.3 is 10.1 Å². The maximum atomic E-state index is 14.2. The van der Waals surface area contributed by atoms with E-state index in [1.807, 2.05) is 0 Å². The molecule has 0 aromatic heterocycles. The Balaban J connectivity index is 2.05. The van der Waals surface area contributed by atoms with Crippen LogP contribution in [0.3, 0.4) is 0 Å². The first-order chi connectivity index (χ1) is 10.5. The SMILES string of the molecule is COc1ccc(S(=O)(=O)N2C3CCNCC2CC3)c(C)c1F. The molecule has 122 valence electrons. The minimum absolute atomic E-state index is 0.00885. The molecule has 2 fully saturated rings. The van der Waals surface area contributed by atoms with Crippen molar-refractivity contribution >= 4 is 10.0 Å². The molecule has 1 aromatic rings. The predicted octanol–water partition coefficient (Wildman–Crippen LogP) is 1.66. The van der Waals surface area contributed by atoms with Crippen molar-refractivity contribution in [3.63, 3.8) is 0 Å². The van der Waals surface area contributed by atoms with Crippen molar-refractivity contribution < 1.29 is 17.5 Å². The van der Waals surface area contributed by atoms with Crippen molar-refractivity contribution in [2.75, 3.05) is 20.2 Å². The molecule has 2 heterocycles. The Morgan fingerprint density at radius 1 is 1.27 bits per heavy atom. The summed E-state index contributed by atoms with van der Waals surface area (Å²) in [5, 5.41) is 3.28. The third-order valence-electron chi connectivity index (χ3n) is 4.66. The van der Waals surface area contributed by atoms with Gasteiger partial charge in [-0.1, -0.05) is 0 Å². The lowest BCUT2D eigenvalue weighted by Gasteiger charge is -2.27. The Hall–Kier alpha value is -1.18. The molecule has 2 aliphatic heterocycles. The van der Waals surface area contributed by atoms with Gasteiger partial charge in [0.25, 0.3) is 0 Å². The molecule has 2 bridgehead atoms. The molecule has 7 heteroatoms. The zero-order valence-electron chi connectivity index (χ0n) is 12.8. The summed E-state index contributed by atoms with van der Waals surface area (Å²) in [6.45, 7) is 2.97. The lowest BCUT2D eigenvalue weighted by molar-refractivity contribution is 0.333. The Morgan fingerprint density at radius 3 is 2.73 bits per heavy atom. The van der Waals surface area contributed by atoms with Gasteiger partial charge in [-0.15, -0.1) is 0 Å². The molecule has 2 saturated heterocycles. The van der Waals surface area contributed by atoms with Crippen molar-refractivity contribution in [2.45, 2.75) is 43.2 Å². The van der Waals surface area contributed by atoms with Gasteiger partial charge in [-0.25, -0.2) is 12.8 Å². The number of nitrogens with zero attached hydrogens (tertiary/aromatic N) is 1. The fourth-order valence-corrected chi connectivity index (χ4v) is 5.64. The van der Waals surface area contributed by atoms with Crippen molar-refractivity contribution in [1.29, 1.82) is 0 Å². The first-order valence-electron chi connectivity index (χ1n) is 7.54. The highest BCUT2D eigenvalue weighted by molar-refractivity contribution is 7.89. The first-order valence-corrected chi connectivity index (χ1v) is 8.98. The Morgan fingerprint density at radius 2 is 2.00 bits per heavy atom. The van der Waals surface area contributed by atoms with Gasteiger partial charge in [0.1, 0.15) is 0 Å². The molecular weight excluding hydrogens is 307 g/mol. The summed E-state index contributed by atoms with van der Waals surface area (Å²) in [5.74, 6) is -0.541. The van der Waals surface area contributed by atoms with Gasteiger partial charge >= 0.3 is 0 Å². The van der Waals surface area contributed by atoms with Crippen LogP contribution in [0.25, 0.3) is 0 Å². The third kappa shape index (κ3) is 2.41. The van der Waals surface area contributed by atoms with E-state index in [1.54, 1.807) is 4.31 Å². The van der Waals surface area contributed by atoms with Gasteiger partial charge in [-0.05, 0) is 44.9 Å². The molecule has 22 heavy (non-hydrogen) atoms. The van der Waals surface area contributed by atoms with Crippen LogP contribution in [0.1, 0.15) is 24.8 Å². The average molecular weight is 328 g/mol. The van der Waals surface area contributed by atoms with Crippen LogP contribution < -0.4 is 10.1 Å². The summed E-state index contributed by atoms with van der Waals surface area (Å²) in [6, 6.07) is 2.80. The first kappa shape index (κ1) is 15.7. The fourth-order valence-electron chi connectivity index (χ4n) is 3.52. The molecule has 0 saturated carbocycles. The van der Waals surface area contributed by atoms with E-state index in [4.69, 9.17) is 4.74 Å². The number of benzene rings is 1. The molecular formula is C15H21FN2O3S. The Bertz CT molecular complexity index is 664. The van der Waals surface area contributed by atoms with Crippen LogP contribution in [0.2, 0.25) is 0 Å². The highest BCUT2D eigenvalue weighted by Crippen LogP contribution is 2.36. The van der Waals surface area contributed by atoms with E-state index in [0.717, 1.165) is 25.8 Å². The van der Waals surface area contributed by atoms with Crippen LogP contribution >= 0.6 is 0 Å². The molecule has 0 amide bonds. The summed E-state index contributed by atoms with van der Waals surface area (Å²) in [5.41, 5.74) is 0.121. The van der Waals surface area contributed by atoms with Crippen LogP contribution in [0, 0.1) is 12.7 Å². The van der Waals surface area contributed by atoms with Crippen molar-refractivity contribution in [1.82, 2.24) is 9.62 Å². The number of sulfonamides is 1. The van der Waals surface area contributed by atoms with E-state index < -0.39 is 15.8 Å². The molecule has 1 aromatic carbocycles. The molecule has 2 aliphatic rings. The number of hydrogen-bond acceptors (Lipinski definition) is 4. The number of rotatable bonds is 3. The number of ether oxygens (including phenoxy) is 1. The lowest BCUT2D eigenvalue weighted by atomic mass is 10.1. The fraction of sp³-hybridized carbons (Fsp3) is 0.600. The van der Waals surface area contributed by atoms with Gasteiger partial charge in [0.05, 0.1) is 12.0 Å². The minimum Gasteiger partial charge on any atom is -0.494 e. The van der Waals surface area contributed by atoms with Crippen molar-refractivity contribution in [3.05, 3.63) is 23.5 Å². The topological polar surface area (TPSA) is 58.6 Å². The summed E-state index contributed by atoms with van der Waals surface area (Å²) < 4.78 is 46.9. The highest BCUT2D eigenvalue weighted by atomic mass is 32.2. The third-order valence-corrected chi connectivity index (χ3v) is 6.81. The van der Waals surface area contributed by atoms with Gasteiger partial charge in [0.15, 0.2) is 11.6 Å². The van der Waals surface area contributed by atoms with E-state index in [-0.39, 0.29) is 28.3 Å². The molecule has 2 unspecified atom stereocenters. The number of methoxy groups -OCH3 is 1. The van der Waals surface area contributed by atoms with E-state index in [9.17, 15) is 12.8 Å². The van der Waals surface area contributed by atoms with E-state index >= 15 is 0 Å². The standard InChI is InChI=1S/C15H21FN2O3S/c1-10-14(6-5-13(21-2)15(10)16)22(19,20)18-11-3-4-12(18)9-17-8-7-11/h5-6,11-12,17H,3-4,7-9H2,1-2H3. The zero-order chi connectivity index (χ0) is 15.9. The monoisotopic (exact) mass is 328 g/mol. The number of nitrogens with one attached hydrogen (secondary N) is 1. The van der Waals surface area contributed by atoms with Crippen LogP contribution in [0.15, 0.2) is 17.0 Å². The summed E-state index contributed by atoms with van der Waals surface area (Å²) in [7, 11) is -2.33. The van der Waals surface area contributed by atoms with Crippen LogP contribution in [0.4, 0.5) is 4.39 Å². The molecule has 0 spiro atoms.